The number of para-hydroxylation sites is 1. The second-order valence-electron chi connectivity index (χ2n) is 6.91. The summed E-state index contributed by atoms with van der Waals surface area (Å²) < 4.78 is 23.1. The van der Waals surface area contributed by atoms with Crippen LogP contribution in [0.5, 0.6) is 0 Å². The molecule has 2 aromatic carbocycles. The number of sulfone groups is 1. The van der Waals surface area contributed by atoms with Gasteiger partial charge >= 0.3 is 0 Å². The Kier molecular flexibility index (Phi) is 4.61. The lowest BCUT2D eigenvalue weighted by molar-refractivity contribution is -0.115. The van der Waals surface area contributed by atoms with Crippen molar-refractivity contribution in [3.63, 3.8) is 0 Å². The highest BCUT2D eigenvalue weighted by molar-refractivity contribution is 7.91. The third-order valence-electron chi connectivity index (χ3n) is 4.80. The summed E-state index contributed by atoms with van der Waals surface area (Å²) in [5.74, 6) is 0.338. The lowest BCUT2D eigenvalue weighted by atomic mass is 10.1. The van der Waals surface area contributed by atoms with Crippen LogP contribution in [0.1, 0.15) is 12.0 Å². The molecule has 0 saturated carbocycles. The van der Waals surface area contributed by atoms with Gasteiger partial charge in [-0.05, 0) is 42.3 Å². The van der Waals surface area contributed by atoms with Gasteiger partial charge < -0.3 is 15.6 Å². The minimum Gasteiger partial charge on any atom is -0.381 e. The van der Waals surface area contributed by atoms with Gasteiger partial charge in [0.05, 0.1) is 17.9 Å². The topological polar surface area (TPSA) is 91.1 Å². The summed E-state index contributed by atoms with van der Waals surface area (Å²) in [4.78, 5) is 15.5. The Labute approximate surface area is 157 Å². The number of hydrogen-bond donors (Lipinski definition) is 3. The van der Waals surface area contributed by atoms with E-state index in [4.69, 9.17) is 0 Å². The summed E-state index contributed by atoms with van der Waals surface area (Å²) in [5.41, 5.74) is 3.55. The highest BCUT2D eigenvalue weighted by Crippen LogP contribution is 2.21. The summed E-state index contributed by atoms with van der Waals surface area (Å²) in [6.07, 6.45) is 2.79. The molecule has 3 aromatic rings. The van der Waals surface area contributed by atoms with Crippen LogP contribution in [-0.2, 0) is 21.1 Å². The zero-order valence-corrected chi connectivity index (χ0v) is 15.6. The summed E-state index contributed by atoms with van der Waals surface area (Å²) in [6.45, 7) is 0. The molecule has 1 amide bonds. The second kappa shape index (κ2) is 7.08. The van der Waals surface area contributed by atoms with Crippen molar-refractivity contribution in [2.75, 3.05) is 22.1 Å². The van der Waals surface area contributed by atoms with Crippen molar-refractivity contribution in [2.24, 2.45) is 0 Å². The zero-order chi connectivity index (χ0) is 18.9. The quantitative estimate of drug-likeness (QED) is 0.632. The van der Waals surface area contributed by atoms with Crippen molar-refractivity contribution in [2.45, 2.75) is 18.9 Å². The van der Waals surface area contributed by atoms with Crippen LogP contribution in [0.2, 0.25) is 0 Å². The molecule has 1 unspecified atom stereocenters. The fourth-order valence-corrected chi connectivity index (χ4v) is 5.12. The molecule has 7 heteroatoms. The maximum Gasteiger partial charge on any atom is 0.228 e. The van der Waals surface area contributed by atoms with Gasteiger partial charge in [-0.3, -0.25) is 4.79 Å². The molecule has 1 atom stereocenters. The van der Waals surface area contributed by atoms with Gasteiger partial charge in [-0.1, -0.05) is 18.2 Å². The molecule has 2 heterocycles. The van der Waals surface area contributed by atoms with Gasteiger partial charge in [0, 0.05) is 34.5 Å². The van der Waals surface area contributed by atoms with Crippen LogP contribution in [0, 0.1) is 0 Å². The van der Waals surface area contributed by atoms with Crippen LogP contribution in [0.4, 0.5) is 11.4 Å². The number of aromatic nitrogens is 1. The van der Waals surface area contributed by atoms with Gasteiger partial charge in [0.2, 0.25) is 5.91 Å². The molecule has 0 bridgehead atoms. The van der Waals surface area contributed by atoms with Crippen LogP contribution in [-0.4, -0.2) is 36.9 Å². The summed E-state index contributed by atoms with van der Waals surface area (Å²) in [5, 5.41) is 7.19. The Morgan fingerprint density at radius 3 is 2.56 bits per heavy atom. The first-order valence-corrected chi connectivity index (χ1v) is 10.7. The number of rotatable bonds is 5. The number of carbonyl (C=O) groups excluding carboxylic acids is 1. The Morgan fingerprint density at radius 2 is 1.81 bits per heavy atom. The van der Waals surface area contributed by atoms with E-state index in [1.807, 2.05) is 54.7 Å². The van der Waals surface area contributed by atoms with Crippen molar-refractivity contribution in [3.8, 4) is 0 Å². The molecular weight excluding hydrogens is 362 g/mol. The molecule has 3 N–H and O–H groups in total. The van der Waals surface area contributed by atoms with E-state index >= 15 is 0 Å². The monoisotopic (exact) mass is 383 g/mol. The van der Waals surface area contributed by atoms with Crippen molar-refractivity contribution in [1.82, 2.24) is 4.98 Å². The molecule has 1 aliphatic rings. The number of anilines is 2. The predicted molar refractivity (Wildman–Crippen MR) is 108 cm³/mol. The summed E-state index contributed by atoms with van der Waals surface area (Å²) in [6, 6.07) is 15.2. The molecule has 0 radical (unpaired) electrons. The van der Waals surface area contributed by atoms with Gasteiger partial charge in [-0.2, -0.15) is 0 Å². The van der Waals surface area contributed by atoms with E-state index in [1.54, 1.807) is 0 Å². The van der Waals surface area contributed by atoms with E-state index in [9.17, 15) is 13.2 Å². The number of H-pyrrole nitrogens is 1. The standard InChI is InChI=1S/C20H21N3O3S/c24-20(11-14-12-21-19-4-2-1-3-18(14)19)23-16-7-5-15(6-8-16)22-17-9-10-27(25,26)13-17/h1-8,12,17,21-22H,9-11,13H2,(H,23,24). The Bertz CT molecular complexity index is 1070. The van der Waals surface area contributed by atoms with Crippen molar-refractivity contribution in [1.29, 1.82) is 0 Å². The zero-order valence-electron chi connectivity index (χ0n) is 14.7. The molecule has 1 saturated heterocycles. The lowest BCUT2D eigenvalue weighted by Crippen LogP contribution is -2.20. The normalized spacial score (nSPS) is 18.4. The fraction of sp³-hybridized carbons (Fsp3) is 0.250. The SMILES string of the molecule is O=C(Cc1c[nH]c2ccccc12)Nc1ccc(NC2CCS(=O)(=O)C2)cc1. The Hall–Kier alpha value is -2.80. The Balaban J connectivity index is 1.36. The average molecular weight is 383 g/mol. The minimum absolute atomic E-state index is 0.0442. The lowest BCUT2D eigenvalue weighted by Gasteiger charge is -2.13. The van der Waals surface area contributed by atoms with Crippen LogP contribution < -0.4 is 10.6 Å². The highest BCUT2D eigenvalue weighted by Gasteiger charge is 2.27. The second-order valence-corrected chi connectivity index (χ2v) is 9.13. The molecule has 1 aliphatic heterocycles. The average Bonchev–Trinajstić information content (AvgIpc) is 3.20. The number of aromatic amines is 1. The van der Waals surface area contributed by atoms with E-state index in [1.165, 1.54) is 0 Å². The van der Waals surface area contributed by atoms with E-state index in [0.717, 1.165) is 22.2 Å². The number of nitrogens with one attached hydrogen (secondary N) is 3. The van der Waals surface area contributed by atoms with Crippen molar-refractivity contribution < 1.29 is 13.2 Å². The number of carbonyl (C=O) groups is 1. The van der Waals surface area contributed by atoms with E-state index in [-0.39, 0.29) is 23.5 Å². The van der Waals surface area contributed by atoms with Gasteiger partial charge in [-0.25, -0.2) is 8.42 Å². The van der Waals surface area contributed by atoms with Gasteiger partial charge in [0.1, 0.15) is 0 Å². The fourth-order valence-electron chi connectivity index (χ4n) is 3.45. The first-order chi connectivity index (χ1) is 13.0. The number of hydrogen-bond acceptors (Lipinski definition) is 4. The van der Waals surface area contributed by atoms with Crippen LogP contribution in [0.25, 0.3) is 10.9 Å². The van der Waals surface area contributed by atoms with E-state index < -0.39 is 9.84 Å². The number of benzene rings is 2. The molecule has 27 heavy (non-hydrogen) atoms. The van der Waals surface area contributed by atoms with Crippen LogP contribution >= 0.6 is 0 Å². The van der Waals surface area contributed by atoms with Gasteiger partial charge in [-0.15, -0.1) is 0 Å². The van der Waals surface area contributed by atoms with Gasteiger partial charge in [0.25, 0.3) is 0 Å². The predicted octanol–water partition coefficient (Wildman–Crippen LogP) is 2.95. The van der Waals surface area contributed by atoms with Crippen molar-refractivity contribution in [3.05, 3.63) is 60.3 Å². The van der Waals surface area contributed by atoms with E-state index in [0.29, 0.717) is 18.5 Å². The third-order valence-corrected chi connectivity index (χ3v) is 6.57. The van der Waals surface area contributed by atoms with Gasteiger partial charge in [0.15, 0.2) is 9.84 Å². The largest absolute Gasteiger partial charge is 0.381 e. The van der Waals surface area contributed by atoms with E-state index in [2.05, 4.69) is 15.6 Å². The number of amides is 1. The van der Waals surface area contributed by atoms with Crippen LogP contribution in [0.3, 0.4) is 0 Å². The first kappa shape index (κ1) is 17.6. The Morgan fingerprint density at radius 1 is 1.07 bits per heavy atom. The molecule has 1 aromatic heterocycles. The molecule has 140 valence electrons. The molecule has 4 rings (SSSR count). The smallest absolute Gasteiger partial charge is 0.228 e. The molecule has 1 fully saturated rings. The first-order valence-electron chi connectivity index (χ1n) is 8.90. The minimum atomic E-state index is -2.90. The third kappa shape index (κ3) is 4.14. The molecule has 0 aliphatic carbocycles. The number of fused-ring (bicyclic) bond motifs is 1. The highest BCUT2D eigenvalue weighted by atomic mass is 32.2. The maximum atomic E-state index is 12.4. The summed E-state index contributed by atoms with van der Waals surface area (Å²) >= 11 is 0. The maximum absolute atomic E-state index is 12.4. The molecule has 0 spiro atoms. The molecule has 6 nitrogen and oxygen atoms in total. The summed E-state index contributed by atoms with van der Waals surface area (Å²) in [7, 11) is -2.90. The van der Waals surface area contributed by atoms with Crippen molar-refractivity contribution >= 4 is 38.0 Å². The van der Waals surface area contributed by atoms with Crippen LogP contribution in [0.15, 0.2) is 54.7 Å². The molecular formula is C20H21N3O3S.